The first-order valence-electron chi connectivity index (χ1n) is 6.09. The van der Waals surface area contributed by atoms with Crippen LogP contribution in [0.1, 0.15) is 21.5 Å². The molecule has 0 radical (unpaired) electrons. The van der Waals surface area contributed by atoms with E-state index >= 15 is 0 Å². The third-order valence-corrected chi connectivity index (χ3v) is 3.20. The first kappa shape index (κ1) is 14.4. The molecule has 2 aromatic rings. The first-order chi connectivity index (χ1) is 9.61. The van der Waals surface area contributed by atoms with Crippen LogP contribution in [0.2, 0.25) is 5.02 Å². The predicted molar refractivity (Wildman–Crippen MR) is 78.6 cm³/mol. The van der Waals surface area contributed by atoms with Crippen molar-refractivity contribution in [2.24, 2.45) is 5.84 Å². The Morgan fingerprint density at radius 1 is 1.30 bits per heavy atom. The molecule has 1 amide bonds. The van der Waals surface area contributed by atoms with Crippen LogP contribution < -0.4 is 16.0 Å². The number of benzene rings is 2. The summed E-state index contributed by atoms with van der Waals surface area (Å²) in [5.74, 6) is 5.16. The van der Waals surface area contributed by atoms with Crippen molar-refractivity contribution in [2.75, 3.05) is 0 Å². The molecule has 0 atom stereocenters. The van der Waals surface area contributed by atoms with E-state index in [-0.39, 0.29) is 0 Å². The van der Waals surface area contributed by atoms with E-state index in [4.69, 9.17) is 22.2 Å². The largest absolute Gasteiger partial charge is 0.488 e. The average Bonchev–Trinajstić information content (AvgIpc) is 2.46. The molecule has 0 heterocycles. The SMILES string of the molecule is Cc1ccccc1COc1ccc(Cl)cc1C(=O)NN. The van der Waals surface area contributed by atoms with Gasteiger partial charge in [-0.25, -0.2) is 5.84 Å². The number of carbonyl (C=O) groups excluding carboxylic acids is 1. The second-order valence-corrected chi connectivity index (χ2v) is 4.77. The number of aryl methyl sites for hydroxylation is 1. The standard InChI is InChI=1S/C15H15ClN2O2/c1-10-4-2-3-5-11(10)9-20-14-7-6-12(16)8-13(14)15(19)18-17/h2-8H,9,17H2,1H3,(H,18,19). The zero-order valence-electron chi connectivity index (χ0n) is 11.0. The molecule has 4 nitrogen and oxygen atoms in total. The number of carbonyl (C=O) groups is 1. The molecule has 0 saturated heterocycles. The van der Waals surface area contributed by atoms with Crippen LogP contribution in [-0.4, -0.2) is 5.91 Å². The van der Waals surface area contributed by atoms with E-state index in [1.54, 1.807) is 12.1 Å². The Morgan fingerprint density at radius 3 is 2.75 bits per heavy atom. The number of ether oxygens (including phenoxy) is 1. The zero-order valence-corrected chi connectivity index (χ0v) is 11.8. The Bertz CT molecular complexity index is 629. The number of hydrazine groups is 1. The molecular formula is C15H15ClN2O2. The zero-order chi connectivity index (χ0) is 14.5. The minimum atomic E-state index is -0.438. The van der Waals surface area contributed by atoms with E-state index in [9.17, 15) is 4.79 Å². The molecule has 3 N–H and O–H groups in total. The normalized spacial score (nSPS) is 10.2. The van der Waals surface area contributed by atoms with Gasteiger partial charge in [0.05, 0.1) is 5.56 Å². The van der Waals surface area contributed by atoms with E-state index in [1.807, 2.05) is 31.2 Å². The summed E-state index contributed by atoms with van der Waals surface area (Å²) in [7, 11) is 0. The lowest BCUT2D eigenvalue weighted by atomic mass is 10.1. The third-order valence-electron chi connectivity index (χ3n) is 2.96. The Labute approximate surface area is 122 Å². The van der Waals surface area contributed by atoms with Gasteiger partial charge in [-0.3, -0.25) is 10.2 Å². The van der Waals surface area contributed by atoms with E-state index in [2.05, 4.69) is 5.43 Å². The lowest BCUT2D eigenvalue weighted by Gasteiger charge is -2.12. The Balaban J connectivity index is 2.21. The quantitative estimate of drug-likeness (QED) is 0.517. The molecule has 2 rings (SSSR count). The van der Waals surface area contributed by atoms with Gasteiger partial charge in [0.25, 0.3) is 5.91 Å². The minimum Gasteiger partial charge on any atom is -0.488 e. The molecule has 20 heavy (non-hydrogen) atoms. The second-order valence-electron chi connectivity index (χ2n) is 4.33. The highest BCUT2D eigenvalue weighted by molar-refractivity contribution is 6.31. The number of nitrogens with one attached hydrogen (secondary N) is 1. The Hall–Kier alpha value is -2.04. The van der Waals surface area contributed by atoms with Gasteiger partial charge in [-0.1, -0.05) is 35.9 Å². The van der Waals surface area contributed by atoms with Crippen molar-refractivity contribution in [1.82, 2.24) is 5.43 Å². The van der Waals surface area contributed by atoms with Crippen LogP contribution in [0, 0.1) is 6.92 Å². The van der Waals surface area contributed by atoms with Gasteiger partial charge in [0, 0.05) is 5.02 Å². The van der Waals surface area contributed by atoms with Crippen LogP contribution in [-0.2, 0) is 6.61 Å². The van der Waals surface area contributed by atoms with E-state index in [0.717, 1.165) is 11.1 Å². The molecule has 0 spiro atoms. The van der Waals surface area contributed by atoms with Gasteiger partial charge in [0.2, 0.25) is 0 Å². The fourth-order valence-electron chi connectivity index (χ4n) is 1.81. The number of halogens is 1. The van der Waals surface area contributed by atoms with Crippen molar-refractivity contribution in [3.8, 4) is 5.75 Å². The van der Waals surface area contributed by atoms with Crippen LogP contribution in [0.25, 0.3) is 0 Å². The summed E-state index contributed by atoms with van der Waals surface area (Å²) < 4.78 is 5.71. The van der Waals surface area contributed by atoms with Gasteiger partial charge >= 0.3 is 0 Å². The summed E-state index contributed by atoms with van der Waals surface area (Å²) in [6, 6.07) is 12.8. The topological polar surface area (TPSA) is 64.3 Å². The molecule has 2 aromatic carbocycles. The maximum atomic E-state index is 11.7. The summed E-state index contributed by atoms with van der Waals surface area (Å²) in [5.41, 5.74) is 4.58. The monoisotopic (exact) mass is 290 g/mol. The highest BCUT2D eigenvalue weighted by Gasteiger charge is 2.12. The van der Waals surface area contributed by atoms with Crippen molar-refractivity contribution >= 4 is 17.5 Å². The van der Waals surface area contributed by atoms with Crippen molar-refractivity contribution in [1.29, 1.82) is 0 Å². The van der Waals surface area contributed by atoms with Crippen molar-refractivity contribution in [3.63, 3.8) is 0 Å². The van der Waals surface area contributed by atoms with Crippen LogP contribution in [0.4, 0.5) is 0 Å². The van der Waals surface area contributed by atoms with Gasteiger partial charge in [-0.15, -0.1) is 0 Å². The van der Waals surface area contributed by atoms with Gasteiger partial charge in [0.1, 0.15) is 12.4 Å². The number of nitrogen functional groups attached to an aromatic ring is 1. The van der Waals surface area contributed by atoms with Gasteiger partial charge in [-0.05, 0) is 36.2 Å². The minimum absolute atomic E-state index is 0.314. The second kappa shape index (κ2) is 6.41. The fraction of sp³-hybridized carbons (Fsp3) is 0.133. The van der Waals surface area contributed by atoms with Crippen molar-refractivity contribution in [2.45, 2.75) is 13.5 Å². The molecular weight excluding hydrogens is 276 g/mol. The van der Waals surface area contributed by atoms with Gasteiger partial charge in [0.15, 0.2) is 0 Å². The molecule has 0 aromatic heterocycles. The molecule has 0 unspecified atom stereocenters. The van der Waals surface area contributed by atoms with E-state index in [1.165, 1.54) is 6.07 Å². The molecule has 0 aliphatic carbocycles. The first-order valence-corrected chi connectivity index (χ1v) is 6.47. The lowest BCUT2D eigenvalue weighted by Crippen LogP contribution is -2.30. The molecule has 0 fully saturated rings. The molecule has 0 bridgehead atoms. The van der Waals surface area contributed by atoms with Crippen LogP contribution in [0.5, 0.6) is 5.75 Å². The number of hydrogen-bond donors (Lipinski definition) is 2. The molecule has 5 heteroatoms. The third kappa shape index (κ3) is 3.29. The summed E-state index contributed by atoms with van der Waals surface area (Å²) in [5, 5.41) is 0.451. The number of hydrogen-bond acceptors (Lipinski definition) is 3. The summed E-state index contributed by atoms with van der Waals surface area (Å²) in [6.07, 6.45) is 0. The number of rotatable bonds is 4. The maximum Gasteiger partial charge on any atom is 0.268 e. The smallest absolute Gasteiger partial charge is 0.268 e. The van der Waals surface area contributed by atoms with Crippen LogP contribution >= 0.6 is 11.6 Å². The number of nitrogens with two attached hydrogens (primary N) is 1. The predicted octanol–water partition coefficient (Wildman–Crippen LogP) is 2.83. The van der Waals surface area contributed by atoms with E-state index in [0.29, 0.717) is 22.9 Å². The lowest BCUT2D eigenvalue weighted by molar-refractivity contribution is 0.0949. The molecule has 0 saturated carbocycles. The number of amides is 1. The highest BCUT2D eigenvalue weighted by atomic mass is 35.5. The van der Waals surface area contributed by atoms with Crippen LogP contribution in [0.15, 0.2) is 42.5 Å². The maximum absolute atomic E-state index is 11.7. The average molecular weight is 291 g/mol. The Morgan fingerprint density at radius 2 is 2.05 bits per heavy atom. The summed E-state index contributed by atoms with van der Waals surface area (Å²) >= 11 is 5.88. The molecule has 0 aliphatic heterocycles. The highest BCUT2D eigenvalue weighted by Crippen LogP contribution is 2.24. The van der Waals surface area contributed by atoms with Crippen molar-refractivity contribution in [3.05, 3.63) is 64.2 Å². The van der Waals surface area contributed by atoms with Gasteiger partial charge < -0.3 is 4.74 Å². The fourth-order valence-corrected chi connectivity index (χ4v) is 1.98. The molecule has 104 valence electrons. The summed E-state index contributed by atoms with van der Waals surface area (Å²) in [6.45, 7) is 2.38. The summed E-state index contributed by atoms with van der Waals surface area (Å²) in [4.78, 5) is 11.7. The van der Waals surface area contributed by atoms with Crippen LogP contribution in [0.3, 0.4) is 0 Å². The molecule has 0 aliphatic rings. The van der Waals surface area contributed by atoms with Gasteiger partial charge in [-0.2, -0.15) is 0 Å². The van der Waals surface area contributed by atoms with E-state index < -0.39 is 5.91 Å². The Kier molecular flexibility index (Phi) is 4.61. The van der Waals surface area contributed by atoms with Crippen molar-refractivity contribution < 1.29 is 9.53 Å².